The molecule has 2 aliphatic carbocycles. The van der Waals surface area contributed by atoms with E-state index < -0.39 is 0 Å². The molecule has 0 radical (unpaired) electrons. The van der Waals surface area contributed by atoms with E-state index >= 15 is 0 Å². The van der Waals surface area contributed by atoms with Crippen molar-refractivity contribution in [3.8, 4) is 0 Å². The van der Waals surface area contributed by atoms with Gasteiger partial charge in [-0.3, -0.25) is 9.69 Å². The molecule has 1 spiro atoms. The molecule has 3 aliphatic heterocycles. The van der Waals surface area contributed by atoms with Crippen LogP contribution in [0.2, 0.25) is 0 Å². The second kappa shape index (κ2) is 6.18. The normalized spacial score (nSPS) is 50.5. The van der Waals surface area contributed by atoms with E-state index in [0.717, 1.165) is 39.1 Å². The molecule has 26 heavy (non-hydrogen) atoms. The number of likely N-dealkylation sites (tertiary alicyclic amines) is 1. The summed E-state index contributed by atoms with van der Waals surface area (Å²) in [7, 11) is 1.77. The number of carbonyl (C=O) groups excluding carboxylic acids is 1. The van der Waals surface area contributed by atoms with Gasteiger partial charge in [0.1, 0.15) is 6.10 Å². The van der Waals surface area contributed by atoms with Gasteiger partial charge >= 0.3 is 5.97 Å². The monoisotopic (exact) mass is 363 g/mol. The molecule has 0 amide bonds. The van der Waals surface area contributed by atoms with E-state index in [1.54, 1.807) is 7.11 Å². The highest BCUT2D eigenvalue weighted by Gasteiger charge is 2.65. The molecule has 5 fully saturated rings. The average molecular weight is 363 g/mol. The van der Waals surface area contributed by atoms with Crippen LogP contribution in [0.5, 0.6) is 0 Å². The predicted molar refractivity (Wildman–Crippen MR) is 96.7 cm³/mol. The third kappa shape index (κ3) is 2.65. The largest absolute Gasteiger partial charge is 0.462 e. The van der Waals surface area contributed by atoms with Gasteiger partial charge < -0.3 is 14.2 Å². The highest BCUT2D eigenvalue weighted by Crippen LogP contribution is 2.62. The van der Waals surface area contributed by atoms with Gasteiger partial charge in [-0.15, -0.1) is 0 Å². The molecule has 0 unspecified atom stereocenters. The summed E-state index contributed by atoms with van der Waals surface area (Å²) in [5.41, 5.74) is 0.428. The van der Waals surface area contributed by atoms with Crippen molar-refractivity contribution in [1.82, 2.24) is 4.90 Å². The molecule has 7 atom stereocenters. The molecule has 5 nitrogen and oxygen atoms in total. The lowest BCUT2D eigenvalue weighted by molar-refractivity contribution is -0.147. The summed E-state index contributed by atoms with van der Waals surface area (Å²) >= 11 is 0. The van der Waals surface area contributed by atoms with Crippen molar-refractivity contribution in [1.29, 1.82) is 0 Å². The Balaban J connectivity index is 1.34. The highest BCUT2D eigenvalue weighted by atomic mass is 16.6. The summed E-state index contributed by atoms with van der Waals surface area (Å²) in [4.78, 5) is 15.3. The number of esters is 1. The zero-order chi connectivity index (χ0) is 17.9. The molecular weight excluding hydrogens is 330 g/mol. The fourth-order valence-electron chi connectivity index (χ4n) is 6.93. The summed E-state index contributed by atoms with van der Waals surface area (Å²) in [6, 6.07) is 0.466. The maximum absolute atomic E-state index is 12.8. The van der Waals surface area contributed by atoms with Crippen molar-refractivity contribution in [3.05, 3.63) is 0 Å². The van der Waals surface area contributed by atoms with Gasteiger partial charge in [0.25, 0.3) is 0 Å². The van der Waals surface area contributed by atoms with E-state index in [4.69, 9.17) is 14.2 Å². The van der Waals surface area contributed by atoms with Crippen molar-refractivity contribution >= 4 is 5.97 Å². The zero-order valence-corrected chi connectivity index (χ0v) is 16.2. The molecule has 3 heterocycles. The lowest BCUT2D eigenvalue weighted by atomic mass is 9.53. The molecule has 5 aliphatic rings. The smallest absolute Gasteiger partial charge is 0.310 e. The third-order valence-electron chi connectivity index (χ3n) is 8.37. The van der Waals surface area contributed by atoms with Crippen molar-refractivity contribution in [3.63, 3.8) is 0 Å². The van der Waals surface area contributed by atoms with Crippen LogP contribution in [0.15, 0.2) is 0 Å². The lowest BCUT2D eigenvalue weighted by Gasteiger charge is -2.51. The van der Waals surface area contributed by atoms with Crippen molar-refractivity contribution < 1.29 is 19.0 Å². The van der Waals surface area contributed by atoms with E-state index in [-0.39, 0.29) is 29.0 Å². The van der Waals surface area contributed by atoms with Crippen molar-refractivity contribution in [2.24, 2.45) is 23.2 Å². The van der Waals surface area contributed by atoms with Crippen LogP contribution in [-0.2, 0) is 19.0 Å². The number of methoxy groups -OCH3 is 1. The standard InChI is InChI=1S/C21H33NO4/c1-20-6-4-7-21(13-25-21)18(20)9-15-16(19(23)26-17(15)10-20)11-22-8-3-5-14(22)12-24-2/h14-18H,3-13H2,1-2H3/t14-,15-,16-,17-,18-,20-,21+/m1/s1. The molecular formula is C21H33NO4. The van der Waals surface area contributed by atoms with Crippen LogP contribution in [0.3, 0.4) is 0 Å². The number of rotatable bonds is 4. The minimum Gasteiger partial charge on any atom is -0.462 e. The molecule has 0 N–H and O–H groups in total. The molecule has 146 valence electrons. The Morgan fingerprint density at radius 3 is 2.92 bits per heavy atom. The van der Waals surface area contributed by atoms with Crippen LogP contribution in [0.1, 0.15) is 51.9 Å². The van der Waals surface area contributed by atoms with Gasteiger partial charge in [0.2, 0.25) is 0 Å². The lowest BCUT2D eigenvalue weighted by Crippen LogP contribution is -2.51. The molecule has 0 bridgehead atoms. The second-order valence-electron chi connectivity index (χ2n) is 9.85. The molecule has 2 saturated carbocycles. The van der Waals surface area contributed by atoms with Crippen LogP contribution in [-0.4, -0.2) is 62.0 Å². The van der Waals surface area contributed by atoms with Crippen LogP contribution >= 0.6 is 0 Å². The number of epoxide rings is 1. The average Bonchev–Trinajstić information content (AvgIpc) is 3.12. The Bertz CT molecular complexity index is 576. The fourth-order valence-corrected chi connectivity index (χ4v) is 6.93. The minimum absolute atomic E-state index is 0.0414. The van der Waals surface area contributed by atoms with Gasteiger partial charge in [0.15, 0.2) is 0 Å². The van der Waals surface area contributed by atoms with E-state index in [9.17, 15) is 4.79 Å². The first-order valence-corrected chi connectivity index (χ1v) is 10.6. The fraction of sp³-hybridized carbons (Fsp3) is 0.952. The van der Waals surface area contributed by atoms with Gasteiger partial charge in [-0.1, -0.05) is 6.92 Å². The summed E-state index contributed by atoms with van der Waals surface area (Å²) < 4.78 is 17.4. The first-order chi connectivity index (χ1) is 12.5. The number of fused-ring (bicyclic) bond motifs is 3. The molecule has 5 heteroatoms. The Labute approximate surface area is 156 Å². The number of hydrogen-bond acceptors (Lipinski definition) is 5. The number of ether oxygens (including phenoxy) is 3. The molecule has 5 rings (SSSR count). The van der Waals surface area contributed by atoms with E-state index in [2.05, 4.69) is 11.8 Å². The predicted octanol–water partition coefficient (Wildman–Crippen LogP) is 2.62. The quantitative estimate of drug-likeness (QED) is 0.568. The Kier molecular flexibility index (Phi) is 4.15. The van der Waals surface area contributed by atoms with Gasteiger partial charge in [-0.2, -0.15) is 0 Å². The summed E-state index contributed by atoms with van der Waals surface area (Å²) in [5, 5.41) is 0. The van der Waals surface area contributed by atoms with Gasteiger partial charge in [-0.05, 0) is 62.8 Å². The highest BCUT2D eigenvalue weighted by molar-refractivity contribution is 5.75. The molecule has 0 aromatic rings. The number of hydrogen-bond donors (Lipinski definition) is 0. The van der Waals surface area contributed by atoms with Crippen molar-refractivity contribution in [2.45, 2.75) is 69.6 Å². The Morgan fingerprint density at radius 2 is 2.15 bits per heavy atom. The zero-order valence-electron chi connectivity index (χ0n) is 16.2. The minimum atomic E-state index is 0.0414. The maximum Gasteiger partial charge on any atom is 0.310 e. The van der Waals surface area contributed by atoms with Crippen molar-refractivity contribution in [2.75, 3.05) is 33.4 Å². The summed E-state index contributed by atoms with van der Waals surface area (Å²) in [6.07, 6.45) is 8.41. The van der Waals surface area contributed by atoms with E-state index in [1.807, 2.05) is 0 Å². The van der Waals surface area contributed by atoms with E-state index in [0.29, 0.717) is 17.9 Å². The SMILES string of the molecule is COC[C@H]1CCCN1C[C@H]1C(=O)O[C@@H]2C[C@@]3(C)CCC[C@]4(CO4)[C@@H]3C[C@@H]21. The number of carbonyl (C=O) groups is 1. The van der Waals surface area contributed by atoms with Gasteiger partial charge in [0.05, 0.1) is 24.7 Å². The van der Waals surface area contributed by atoms with Gasteiger partial charge in [0, 0.05) is 25.6 Å². The maximum atomic E-state index is 12.8. The van der Waals surface area contributed by atoms with Crippen LogP contribution in [0.25, 0.3) is 0 Å². The summed E-state index contributed by atoms with van der Waals surface area (Å²) in [5.74, 6) is 1.08. The molecule has 3 saturated heterocycles. The van der Waals surface area contributed by atoms with Crippen LogP contribution < -0.4 is 0 Å². The Hall–Kier alpha value is -0.650. The second-order valence-corrected chi connectivity index (χ2v) is 9.85. The third-order valence-corrected chi connectivity index (χ3v) is 8.37. The van der Waals surface area contributed by atoms with Gasteiger partial charge in [-0.25, -0.2) is 0 Å². The first kappa shape index (κ1) is 17.4. The Morgan fingerprint density at radius 1 is 1.31 bits per heavy atom. The molecule has 0 aromatic heterocycles. The molecule has 0 aromatic carbocycles. The van der Waals surface area contributed by atoms with E-state index in [1.165, 1.54) is 32.1 Å². The first-order valence-electron chi connectivity index (χ1n) is 10.6. The summed E-state index contributed by atoms with van der Waals surface area (Å²) in [6.45, 7) is 6.07. The topological polar surface area (TPSA) is 51.3 Å². The van der Waals surface area contributed by atoms with Crippen LogP contribution in [0.4, 0.5) is 0 Å². The van der Waals surface area contributed by atoms with Crippen LogP contribution in [0, 0.1) is 23.2 Å². The number of nitrogens with zero attached hydrogens (tertiary/aromatic N) is 1.